The second-order valence-corrected chi connectivity index (χ2v) is 11.3. The van der Waals surface area contributed by atoms with E-state index in [0.29, 0.717) is 42.5 Å². The summed E-state index contributed by atoms with van der Waals surface area (Å²) in [5.41, 5.74) is 2.93. The highest BCUT2D eigenvalue weighted by Crippen LogP contribution is 2.33. The van der Waals surface area contributed by atoms with Crippen LogP contribution in [0, 0.1) is 3.77 Å². The number of allylic oxidation sites excluding steroid dienone is 1. The minimum atomic E-state index is -0.612. The number of hydrogen-bond acceptors (Lipinski definition) is 6. The van der Waals surface area contributed by atoms with Gasteiger partial charge in [-0.1, -0.05) is 62.8 Å². The van der Waals surface area contributed by atoms with Gasteiger partial charge in [-0.25, -0.2) is 9.79 Å². The number of rotatable bonds is 7. The molecule has 0 saturated carbocycles. The van der Waals surface area contributed by atoms with Crippen LogP contribution in [0.5, 0.6) is 0 Å². The van der Waals surface area contributed by atoms with Gasteiger partial charge in [0.15, 0.2) is 8.57 Å². The Bertz CT molecular complexity index is 1440. The van der Waals surface area contributed by atoms with Gasteiger partial charge in [-0.15, -0.1) is 0 Å². The first-order valence-electron chi connectivity index (χ1n) is 11.5. The van der Waals surface area contributed by atoms with E-state index in [4.69, 9.17) is 14.1 Å². The second kappa shape index (κ2) is 11.0. The molecule has 0 radical (unpaired) electrons. The van der Waals surface area contributed by atoms with Gasteiger partial charge in [0.25, 0.3) is 5.56 Å². The van der Waals surface area contributed by atoms with Gasteiger partial charge in [0, 0.05) is 28.7 Å². The zero-order valence-corrected chi connectivity index (χ0v) is 24.5. The number of benzene rings is 1. The Kier molecular flexibility index (Phi) is 8.17. The first-order valence-corrected chi connectivity index (χ1v) is 14.2. The standard InChI is InChI=1S/C26H26BrIN2O4S/c1-5-7-19-21(25(32)33-6-2)22(16-10-8-15(9-11-16)14(3)4)30-24(31)20(35-26(30)29-19)13-17-12-18(27)23(28)34-17/h8-14,22H,5-7H2,1-4H3/b20-13+/t22-/m1/s1. The first-order chi connectivity index (χ1) is 16.7. The number of halogens is 2. The number of thiazole rings is 1. The van der Waals surface area contributed by atoms with Crippen LogP contribution in [0.3, 0.4) is 0 Å². The summed E-state index contributed by atoms with van der Waals surface area (Å²) in [5, 5.41) is 0. The number of fused-ring (bicyclic) bond motifs is 1. The first kappa shape index (κ1) is 26.1. The Morgan fingerprint density at radius 1 is 1.31 bits per heavy atom. The van der Waals surface area contributed by atoms with E-state index >= 15 is 0 Å². The van der Waals surface area contributed by atoms with Gasteiger partial charge in [-0.3, -0.25) is 9.36 Å². The molecule has 3 aromatic rings. The maximum atomic E-state index is 13.7. The number of nitrogens with zero attached hydrogens (tertiary/aromatic N) is 2. The monoisotopic (exact) mass is 668 g/mol. The van der Waals surface area contributed by atoms with Crippen molar-refractivity contribution < 1.29 is 13.9 Å². The summed E-state index contributed by atoms with van der Waals surface area (Å²) in [6.07, 6.45) is 3.15. The number of furan rings is 1. The molecule has 6 nitrogen and oxygen atoms in total. The number of ether oxygens (including phenoxy) is 1. The number of hydrogen-bond donors (Lipinski definition) is 0. The topological polar surface area (TPSA) is 73.8 Å². The molecule has 0 amide bonds. The number of carbonyl (C=O) groups excluding carboxylic acids is 1. The van der Waals surface area contributed by atoms with Gasteiger partial charge in [-0.05, 0) is 52.4 Å². The predicted octanol–water partition coefficient (Wildman–Crippen LogP) is 5.66. The van der Waals surface area contributed by atoms with Crippen molar-refractivity contribution in [3.05, 3.63) is 86.4 Å². The van der Waals surface area contributed by atoms with Crippen molar-refractivity contribution in [3.8, 4) is 0 Å². The molecular formula is C26H26BrIN2O4S. The second-order valence-electron chi connectivity index (χ2n) is 8.51. The van der Waals surface area contributed by atoms with E-state index in [1.807, 2.05) is 25.1 Å². The Balaban J connectivity index is 1.97. The smallest absolute Gasteiger partial charge is 0.338 e. The van der Waals surface area contributed by atoms with Crippen molar-refractivity contribution in [1.82, 2.24) is 4.57 Å². The third kappa shape index (κ3) is 5.27. The largest absolute Gasteiger partial charge is 0.463 e. The van der Waals surface area contributed by atoms with Crippen molar-refractivity contribution in [2.75, 3.05) is 6.61 Å². The lowest BCUT2D eigenvalue weighted by Crippen LogP contribution is -2.40. The van der Waals surface area contributed by atoms with Crippen molar-refractivity contribution in [2.24, 2.45) is 4.99 Å². The number of carbonyl (C=O) groups is 1. The minimum absolute atomic E-state index is 0.216. The van der Waals surface area contributed by atoms with E-state index in [2.05, 4.69) is 64.5 Å². The summed E-state index contributed by atoms with van der Waals surface area (Å²) in [7, 11) is 0. The maximum Gasteiger partial charge on any atom is 0.338 e. The zero-order valence-electron chi connectivity index (χ0n) is 19.9. The molecule has 0 spiro atoms. The summed E-state index contributed by atoms with van der Waals surface area (Å²) in [5.74, 6) is 0.511. The van der Waals surface area contributed by atoms with Crippen LogP contribution in [0.25, 0.3) is 6.08 Å². The summed E-state index contributed by atoms with van der Waals surface area (Å²) < 4.78 is 14.8. The van der Waals surface area contributed by atoms with Crippen LogP contribution in [0.15, 0.2) is 60.3 Å². The van der Waals surface area contributed by atoms with Gasteiger partial charge in [0.2, 0.25) is 0 Å². The van der Waals surface area contributed by atoms with E-state index in [9.17, 15) is 9.59 Å². The van der Waals surface area contributed by atoms with E-state index < -0.39 is 12.0 Å². The van der Waals surface area contributed by atoms with Crippen molar-refractivity contribution in [1.29, 1.82) is 0 Å². The molecule has 3 heterocycles. The Morgan fingerprint density at radius 2 is 2.03 bits per heavy atom. The normalized spacial score (nSPS) is 16.0. The molecule has 2 aromatic heterocycles. The molecule has 1 aliphatic rings. The molecule has 9 heteroatoms. The van der Waals surface area contributed by atoms with Gasteiger partial charge < -0.3 is 9.15 Å². The fourth-order valence-corrected chi connectivity index (χ4v) is 5.78. The zero-order chi connectivity index (χ0) is 25.3. The van der Waals surface area contributed by atoms with Crippen LogP contribution in [0.1, 0.15) is 69.4 Å². The van der Waals surface area contributed by atoms with E-state index in [0.717, 1.165) is 16.5 Å². The predicted molar refractivity (Wildman–Crippen MR) is 149 cm³/mol. The molecule has 1 atom stereocenters. The Morgan fingerprint density at radius 3 is 2.60 bits per heavy atom. The summed E-state index contributed by atoms with van der Waals surface area (Å²) in [6, 6.07) is 9.32. The fraction of sp³-hybridized carbons (Fsp3) is 0.346. The van der Waals surface area contributed by atoms with Crippen LogP contribution in [-0.4, -0.2) is 17.1 Å². The number of aromatic nitrogens is 1. The van der Waals surface area contributed by atoms with Gasteiger partial charge in [-0.2, -0.15) is 0 Å². The lowest BCUT2D eigenvalue weighted by atomic mass is 9.92. The van der Waals surface area contributed by atoms with Crippen LogP contribution < -0.4 is 14.9 Å². The number of esters is 1. The molecule has 1 aromatic carbocycles. The third-order valence-electron chi connectivity index (χ3n) is 5.75. The highest BCUT2D eigenvalue weighted by atomic mass is 127. The molecule has 0 bridgehead atoms. The summed E-state index contributed by atoms with van der Waals surface area (Å²) >= 11 is 6.84. The molecule has 0 saturated heterocycles. The molecule has 0 N–H and O–H groups in total. The average Bonchev–Trinajstić information content (AvgIpc) is 3.30. The third-order valence-corrected chi connectivity index (χ3v) is 8.86. The SMILES string of the molecule is CCCC1=C(C(=O)OCC)[C@@H](c2ccc(C(C)C)cc2)n2c(s/c(=C/c3cc(Br)c(I)o3)c2=O)=N1. The van der Waals surface area contributed by atoms with Crippen molar-refractivity contribution in [3.63, 3.8) is 0 Å². The van der Waals surface area contributed by atoms with Crippen LogP contribution in [0.4, 0.5) is 0 Å². The van der Waals surface area contributed by atoms with E-state index in [-0.39, 0.29) is 12.2 Å². The van der Waals surface area contributed by atoms with E-state index in [1.165, 1.54) is 16.9 Å². The molecular weight excluding hydrogens is 643 g/mol. The lowest BCUT2D eigenvalue weighted by Gasteiger charge is -2.26. The van der Waals surface area contributed by atoms with Crippen LogP contribution in [-0.2, 0) is 9.53 Å². The van der Waals surface area contributed by atoms with Gasteiger partial charge >= 0.3 is 5.97 Å². The highest BCUT2D eigenvalue weighted by Gasteiger charge is 2.34. The van der Waals surface area contributed by atoms with Crippen molar-refractivity contribution >= 4 is 61.9 Å². The Labute approximate surface area is 229 Å². The maximum absolute atomic E-state index is 13.7. The minimum Gasteiger partial charge on any atom is -0.463 e. The van der Waals surface area contributed by atoms with E-state index in [1.54, 1.807) is 17.6 Å². The fourth-order valence-electron chi connectivity index (χ4n) is 4.06. The van der Waals surface area contributed by atoms with Crippen LogP contribution >= 0.6 is 49.9 Å². The van der Waals surface area contributed by atoms with Crippen molar-refractivity contribution in [2.45, 2.75) is 52.5 Å². The average molecular weight is 669 g/mol. The molecule has 1 aliphatic heterocycles. The van der Waals surface area contributed by atoms with Crippen LogP contribution in [0.2, 0.25) is 0 Å². The molecule has 4 rings (SSSR count). The van der Waals surface area contributed by atoms with Gasteiger partial charge in [0.05, 0.1) is 32.9 Å². The highest BCUT2D eigenvalue weighted by molar-refractivity contribution is 14.1. The molecule has 0 aliphatic carbocycles. The molecule has 0 fully saturated rings. The summed E-state index contributed by atoms with van der Waals surface area (Å²) in [6.45, 7) is 8.34. The quantitative estimate of drug-likeness (QED) is 0.241. The molecule has 184 valence electrons. The molecule has 0 unspecified atom stereocenters. The van der Waals surface area contributed by atoms with Gasteiger partial charge in [0.1, 0.15) is 5.76 Å². The lowest BCUT2D eigenvalue weighted by molar-refractivity contribution is -0.139. The Hall–Kier alpha value is -1.98. The molecule has 35 heavy (non-hydrogen) atoms. The summed E-state index contributed by atoms with van der Waals surface area (Å²) in [4.78, 5) is 32.3.